The minimum Gasteiger partial charge on any atom is -0.368 e. The average Bonchev–Trinajstić information content (AvgIpc) is 2.84. The van der Waals surface area contributed by atoms with E-state index in [1.54, 1.807) is 20.2 Å². The molecular formula is C17H17ClN4O4S. The highest BCUT2D eigenvalue weighted by Gasteiger charge is 2.27. The fraction of sp³-hybridized carbons (Fsp3) is 0.176. The highest BCUT2D eigenvalue weighted by atomic mass is 35.5. The summed E-state index contributed by atoms with van der Waals surface area (Å²) in [6, 6.07) is 10.3. The number of halogens is 1. The summed E-state index contributed by atoms with van der Waals surface area (Å²) in [7, 11) is -0.949. The number of fused-ring (bicyclic) bond motifs is 1. The van der Waals surface area contributed by atoms with Crippen molar-refractivity contribution in [3.8, 4) is 0 Å². The lowest BCUT2D eigenvalue weighted by Crippen LogP contribution is -2.38. The van der Waals surface area contributed by atoms with Crippen LogP contribution in [0.3, 0.4) is 0 Å². The summed E-state index contributed by atoms with van der Waals surface area (Å²) in [5.74, 6) is -0.804. The molecule has 142 valence electrons. The van der Waals surface area contributed by atoms with Crippen LogP contribution >= 0.6 is 11.6 Å². The first-order valence-electron chi connectivity index (χ1n) is 7.85. The molecule has 0 fully saturated rings. The first kappa shape index (κ1) is 19.0. The molecular weight excluding hydrogens is 392 g/mol. The summed E-state index contributed by atoms with van der Waals surface area (Å²) in [4.78, 5) is 23.5. The molecule has 0 radical (unpaired) electrons. The summed E-state index contributed by atoms with van der Waals surface area (Å²) >= 11 is 5.86. The van der Waals surface area contributed by atoms with Crippen molar-refractivity contribution >= 4 is 44.3 Å². The third-order valence-electron chi connectivity index (χ3n) is 4.25. The second kappa shape index (κ2) is 6.75. The van der Waals surface area contributed by atoms with Crippen LogP contribution in [0.25, 0.3) is 11.0 Å². The topological polar surface area (TPSA) is 107 Å². The SMILES string of the molecule is Cn1c(=O)n(C)c2cc(S(=O)(=O)N(CC(N)=O)c3ccc(Cl)cc3)ccc21. The van der Waals surface area contributed by atoms with Gasteiger partial charge in [0.1, 0.15) is 6.54 Å². The van der Waals surface area contributed by atoms with Crippen molar-refractivity contribution in [3.05, 3.63) is 58.0 Å². The molecule has 0 aliphatic heterocycles. The highest BCUT2D eigenvalue weighted by molar-refractivity contribution is 7.92. The second-order valence-corrected chi connectivity index (χ2v) is 8.30. The molecule has 0 saturated carbocycles. The van der Waals surface area contributed by atoms with Crippen LogP contribution in [0.2, 0.25) is 5.02 Å². The van der Waals surface area contributed by atoms with Crippen molar-refractivity contribution < 1.29 is 13.2 Å². The number of carbonyl (C=O) groups is 1. The summed E-state index contributed by atoms with van der Waals surface area (Å²) in [5, 5.41) is 0.427. The number of aromatic nitrogens is 2. The van der Waals surface area contributed by atoms with Crippen molar-refractivity contribution in [3.63, 3.8) is 0 Å². The Kier molecular flexibility index (Phi) is 4.75. The summed E-state index contributed by atoms with van der Waals surface area (Å²) < 4.78 is 30.1. The number of nitrogens with two attached hydrogens (primary N) is 1. The first-order chi connectivity index (χ1) is 12.6. The van der Waals surface area contributed by atoms with Gasteiger partial charge in [-0.05, 0) is 42.5 Å². The maximum absolute atomic E-state index is 13.2. The lowest BCUT2D eigenvalue weighted by molar-refractivity contribution is -0.116. The van der Waals surface area contributed by atoms with E-state index >= 15 is 0 Å². The van der Waals surface area contributed by atoms with E-state index < -0.39 is 22.5 Å². The van der Waals surface area contributed by atoms with Crippen molar-refractivity contribution in [2.75, 3.05) is 10.8 Å². The molecule has 0 aliphatic rings. The number of nitrogens with zero attached hydrogens (tertiary/aromatic N) is 3. The van der Waals surface area contributed by atoms with Gasteiger partial charge in [0.2, 0.25) is 5.91 Å². The van der Waals surface area contributed by atoms with Gasteiger partial charge in [-0.15, -0.1) is 0 Å². The maximum Gasteiger partial charge on any atom is 0.328 e. The number of aryl methyl sites for hydroxylation is 2. The molecule has 8 nitrogen and oxygen atoms in total. The van der Waals surface area contributed by atoms with E-state index in [9.17, 15) is 18.0 Å². The van der Waals surface area contributed by atoms with Gasteiger partial charge >= 0.3 is 5.69 Å². The molecule has 3 aromatic rings. The molecule has 0 spiro atoms. The molecule has 2 N–H and O–H groups in total. The van der Waals surface area contributed by atoms with Crippen molar-refractivity contribution in [1.29, 1.82) is 0 Å². The molecule has 2 aromatic carbocycles. The number of rotatable bonds is 5. The smallest absolute Gasteiger partial charge is 0.328 e. The van der Waals surface area contributed by atoms with Gasteiger partial charge in [0.15, 0.2) is 0 Å². The number of imidazole rings is 1. The summed E-state index contributed by atoms with van der Waals surface area (Å²) in [6.45, 7) is -0.532. The molecule has 1 amide bonds. The molecule has 0 saturated heterocycles. The standard InChI is InChI=1S/C17H17ClN4O4S/c1-20-14-8-7-13(9-15(14)21(2)17(20)24)27(25,26)22(10-16(19)23)12-5-3-11(18)4-6-12/h3-9H,10H2,1-2H3,(H2,19,23). The molecule has 1 heterocycles. The zero-order valence-corrected chi connectivity index (χ0v) is 16.2. The van der Waals surface area contributed by atoms with Crippen LogP contribution in [-0.4, -0.2) is 30.0 Å². The van der Waals surface area contributed by atoms with Gasteiger partial charge in [-0.1, -0.05) is 11.6 Å². The predicted octanol–water partition coefficient (Wildman–Crippen LogP) is 1.21. The zero-order valence-electron chi connectivity index (χ0n) is 14.6. The second-order valence-electron chi connectivity index (χ2n) is 6.01. The molecule has 1 aromatic heterocycles. The van der Waals surface area contributed by atoms with E-state index in [0.717, 1.165) is 4.31 Å². The minimum absolute atomic E-state index is 0.0626. The first-order valence-corrected chi connectivity index (χ1v) is 9.67. The Morgan fingerprint density at radius 2 is 1.67 bits per heavy atom. The number of carbonyl (C=O) groups excluding carboxylic acids is 1. The number of amides is 1. The Morgan fingerprint density at radius 3 is 2.26 bits per heavy atom. The lowest BCUT2D eigenvalue weighted by atomic mass is 10.3. The van der Waals surface area contributed by atoms with E-state index in [0.29, 0.717) is 16.1 Å². The van der Waals surface area contributed by atoms with Gasteiger partial charge in [0, 0.05) is 19.1 Å². The van der Waals surface area contributed by atoms with E-state index in [-0.39, 0.29) is 16.3 Å². The van der Waals surface area contributed by atoms with Crippen LogP contribution in [0, 0.1) is 0 Å². The maximum atomic E-state index is 13.2. The number of sulfonamides is 1. The number of benzene rings is 2. The van der Waals surface area contributed by atoms with Crippen LogP contribution in [-0.2, 0) is 28.9 Å². The number of primary amides is 1. The van der Waals surface area contributed by atoms with Gasteiger partial charge in [0.25, 0.3) is 10.0 Å². The van der Waals surface area contributed by atoms with Gasteiger partial charge in [-0.25, -0.2) is 13.2 Å². The van der Waals surface area contributed by atoms with E-state index in [2.05, 4.69) is 0 Å². The Bertz CT molecular complexity index is 1200. The molecule has 27 heavy (non-hydrogen) atoms. The van der Waals surface area contributed by atoms with E-state index in [1.165, 1.54) is 45.5 Å². The molecule has 3 rings (SSSR count). The Labute approximate surface area is 160 Å². The average molecular weight is 409 g/mol. The van der Waals surface area contributed by atoms with Gasteiger partial charge in [-0.3, -0.25) is 18.2 Å². The molecule has 0 bridgehead atoms. The third kappa shape index (κ3) is 3.31. The fourth-order valence-electron chi connectivity index (χ4n) is 2.84. The van der Waals surface area contributed by atoms with Gasteiger partial charge in [0.05, 0.1) is 21.6 Å². The Hall–Kier alpha value is -2.78. The number of hydrogen-bond donors (Lipinski definition) is 1. The molecule has 0 unspecified atom stereocenters. The molecule has 0 aliphatic carbocycles. The monoisotopic (exact) mass is 408 g/mol. The van der Waals surface area contributed by atoms with Crippen molar-refractivity contribution in [1.82, 2.24) is 9.13 Å². The van der Waals surface area contributed by atoms with Crippen LogP contribution in [0.5, 0.6) is 0 Å². The molecule has 10 heteroatoms. The van der Waals surface area contributed by atoms with Crippen LogP contribution < -0.4 is 15.7 Å². The van der Waals surface area contributed by atoms with E-state index in [4.69, 9.17) is 17.3 Å². The molecule has 0 atom stereocenters. The fourth-order valence-corrected chi connectivity index (χ4v) is 4.42. The van der Waals surface area contributed by atoms with Crippen LogP contribution in [0.15, 0.2) is 52.2 Å². The predicted molar refractivity (Wildman–Crippen MR) is 103 cm³/mol. The van der Waals surface area contributed by atoms with Gasteiger partial charge in [-0.2, -0.15) is 0 Å². The van der Waals surface area contributed by atoms with Gasteiger partial charge < -0.3 is 5.73 Å². The third-order valence-corrected chi connectivity index (χ3v) is 6.27. The van der Waals surface area contributed by atoms with E-state index in [1.807, 2.05) is 0 Å². The highest BCUT2D eigenvalue weighted by Crippen LogP contribution is 2.26. The quantitative estimate of drug-likeness (QED) is 0.684. The lowest BCUT2D eigenvalue weighted by Gasteiger charge is -2.23. The van der Waals surface area contributed by atoms with Crippen LogP contribution in [0.4, 0.5) is 5.69 Å². The summed E-state index contributed by atoms with van der Waals surface area (Å²) in [5.41, 5.74) is 6.28. The Morgan fingerprint density at radius 1 is 1.07 bits per heavy atom. The zero-order chi connectivity index (χ0) is 19.9. The normalized spacial score (nSPS) is 11.7. The van der Waals surface area contributed by atoms with Crippen LogP contribution in [0.1, 0.15) is 0 Å². The Balaban J connectivity index is 2.18. The van der Waals surface area contributed by atoms with Crippen molar-refractivity contribution in [2.24, 2.45) is 19.8 Å². The number of anilines is 1. The minimum atomic E-state index is -4.11. The van der Waals surface area contributed by atoms with Crippen molar-refractivity contribution in [2.45, 2.75) is 4.90 Å². The number of hydrogen-bond acceptors (Lipinski definition) is 4. The largest absolute Gasteiger partial charge is 0.368 e. The summed E-state index contributed by atoms with van der Waals surface area (Å²) in [6.07, 6.45) is 0.